The summed E-state index contributed by atoms with van der Waals surface area (Å²) in [5, 5.41) is 5.86. The zero-order valence-corrected chi connectivity index (χ0v) is 18.2. The van der Waals surface area contributed by atoms with Gasteiger partial charge >= 0.3 is 0 Å². The van der Waals surface area contributed by atoms with E-state index in [0.29, 0.717) is 11.1 Å². The highest BCUT2D eigenvalue weighted by molar-refractivity contribution is 7.89. The second kappa shape index (κ2) is 8.62. The quantitative estimate of drug-likeness (QED) is 0.359. The Balaban J connectivity index is 1.79. The summed E-state index contributed by atoms with van der Waals surface area (Å²) in [6.45, 7) is 0. The van der Waals surface area contributed by atoms with Gasteiger partial charge in [0.1, 0.15) is 0 Å². The lowest BCUT2D eigenvalue weighted by Gasteiger charge is -2.17. The summed E-state index contributed by atoms with van der Waals surface area (Å²) in [6, 6.07) is 30.0. The Bertz CT molecular complexity index is 1290. The number of hydrazone groups is 1. The first-order valence-electron chi connectivity index (χ1n) is 9.87. The number of hydrogen-bond acceptors (Lipinski definition) is 4. The van der Waals surface area contributed by atoms with Crippen molar-refractivity contribution in [3.8, 4) is 0 Å². The fraction of sp³-hybridized carbons (Fsp3) is 0.0800. The summed E-state index contributed by atoms with van der Waals surface area (Å²) in [6.07, 6.45) is 0. The third-order valence-corrected chi connectivity index (χ3v) is 6.27. The Morgan fingerprint density at radius 1 is 0.710 bits per heavy atom. The maximum absolute atomic E-state index is 13.3. The molecule has 0 saturated carbocycles. The van der Waals surface area contributed by atoms with Gasteiger partial charge in [-0.05, 0) is 12.1 Å². The summed E-state index contributed by atoms with van der Waals surface area (Å²) in [4.78, 5) is 4.62. The van der Waals surface area contributed by atoms with Crippen LogP contribution in [0, 0.1) is 0 Å². The van der Waals surface area contributed by atoms with Crippen LogP contribution in [0.4, 0.5) is 5.69 Å². The van der Waals surface area contributed by atoms with E-state index in [1.807, 2.05) is 104 Å². The normalized spacial score (nSPS) is 11.2. The molecule has 6 heteroatoms. The number of rotatable bonds is 6. The largest absolute Gasteiger partial charge is 0.377 e. The van der Waals surface area contributed by atoms with E-state index in [9.17, 15) is 8.42 Å². The van der Waals surface area contributed by atoms with Crippen LogP contribution >= 0.6 is 0 Å². The molecule has 0 atom stereocenters. The molecule has 156 valence electrons. The molecule has 0 amide bonds. The molecule has 4 rings (SSSR count). The molecule has 0 bridgehead atoms. The fourth-order valence-electron chi connectivity index (χ4n) is 3.53. The Morgan fingerprint density at radius 2 is 1.26 bits per heavy atom. The monoisotopic (exact) mass is 429 g/mol. The molecular weight excluding hydrogens is 406 g/mol. The SMILES string of the molecule is CN(C)c1cccc2c(S(=O)(=O)NN=C(c3ccccc3)c3ccccc3)cccc12. The molecule has 4 aromatic rings. The Morgan fingerprint density at radius 3 is 1.84 bits per heavy atom. The first-order valence-corrected chi connectivity index (χ1v) is 11.3. The fourth-order valence-corrected chi connectivity index (χ4v) is 4.57. The van der Waals surface area contributed by atoms with Crippen LogP contribution < -0.4 is 9.73 Å². The molecule has 0 radical (unpaired) electrons. The minimum absolute atomic E-state index is 0.193. The van der Waals surface area contributed by atoms with Crippen molar-refractivity contribution in [1.82, 2.24) is 4.83 Å². The molecule has 4 aromatic carbocycles. The minimum atomic E-state index is -3.90. The van der Waals surface area contributed by atoms with Gasteiger partial charge in [0.05, 0.1) is 10.6 Å². The minimum Gasteiger partial charge on any atom is -0.377 e. The van der Waals surface area contributed by atoms with Crippen LogP contribution in [0.3, 0.4) is 0 Å². The summed E-state index contributed by atoms with van der Waals surface area (Å²) in [7, 11) is -0.0264. The van der Waals surface area contributed by atoms with Crippen molar-refractivity contribution in [3.05, 3.63) is 108 Å². The van der Waals surface area contributed by atoms with Gasteiger partial charge in [0.2, 0.25) is 0 Å². The second-order valence-corrected chi connectivity index (χ2v) is 8.94. The second-order valence-electron chi connectivity index (χ2n) is 7.31. The first-order chi connectivity index (χ1) is 15.0. The lowest BCUT2D eigenvalue weighted by atomic mass is 10.0. The maximum Gasteiger partial charge on any atom is 0.277 e. The predicted molar refractivity (Wildman–Crippen MR) is 127 cm³/mol. The molecule has 0 aliphatic carbocycles. The number of anilines is 1. The average Bonchev–Trinajstić information content (AvgIpc) is 2.79. The molecule has 0 aliphatic heterocycles. The van der Waals surface area contributed by atoms with E-state index in [4.69, 9.17) is 0 Å². The highest BCUT2D eigenvalue weighted by Gasteiger charge is 2.19. The van der Waals surface area contributed by atoms with Gasteiger partial charge in [0.15, 0.2) is 0 Å². The smallest absolute Gasteiger partial charge is 0.277 e. The van der Waals surface area contributed by atoms with Gasteiger partial charge in [-0.3, -0.25) is 0 Å². The van der Waals surface area contributed by atoms with Crippen LogP contribution in [-0.4, -0.2) is 28.2 Å². The Kier molecular flexibility index (Phi) is 5.73. The Hall–Kier alpha value is -3.64. The molecule has 31 heavy (non-hydrogen) atoms. The van der Waals surface area contributed by atoms with E-state index in [1.54, 1.807) is 12.1 Å². The average molecular weight is 430 g/mol. The number of hydrogen-bond donors (Lipinski definition) is 1. The van der Waals surface area contributed by atoms with Gasteiger partial charge in [0.25, 0.3) is 10.0 Å². The van der Waals surface area contributed by atoms with Crippen molar-refractivity contribution >= 4 is 32.2 Å². The highest BCUT2D eigenvalue weighted by Crippen LogP contribution is 2.30. The summed E-state index contributed by atoms with van der Waals surface area (Å²) < 4.78 is 26.5. The summed E-state index contributed by atoms with van der Waals surface area (Å²) in [5.74, 6) is 0. The maximum atomic E-state index is 13.3. The number of benzene rings is 4. The van der Waals surface area contributed by atoms with E-state index in [2.05, 4.69) is 9.93 Å². The van der Waals surface area contributed by atoms with E-state index >= 15 is 0 Å². The molecule has 0 saturated heterocycles. The van der Waals surface area contributed by atoms with Crippen LogP contribution in [-0.2, 0) is 10.0 Å². The van der Waals surface area contributed by atoms with Crippen LogP contribution in [0.15, 0.2) is 107 Å². The topological polar surface area (TPSA) is 61.8 Å². The van der Waals surface area contributed by atoms with Gasteiger partial charge in [-0.25, -0.2) is 0 Å². The number of sulfonamides is 1. The van der Waals surface area contributed by atoms with Crippen molar-refractivity contribution in [2.24, 2.45) is 5.10 Å². The van der Waals surface area contributed by atoms with Crippen molar-refractivity contribution in [2.45, 2.75) is 4.90 Å². The number of nitrogens with one attached hydrogen (secondary N) is 1. The van der Waals surface area contributed by atoms with Gasteiger partial charge in [-0.1, -0.05) is 84.9 Å². The molecular formula is C25H23N3O2S. The van der Waals surface area contributed by atoms with Crippen molar-refractivity contribution < 1.29 is 8.42 Å². The van der Waals surface area contributed by atoms with E-state index in [1.165, 1.54) is 0 Å². The summed E-state index contributed by atoms with van der Waals surface area (Å²) in [5.41, 5.74) is 3.15. The molecule has 0 unspecified atom stereocenters. The molecule has 0 fully saturated rings. The lowest BCUT2D eigenvalue weighted by molar-refractivity contribution is 0.585. The first kappa shape index (κ1) is 20.6. The van der Waals surface area contributed by atoms with E-state index in [0.717, 1.165) is 22.2 Å². The molecule has 0 heterocycles. The standard InChI is InChI=1S/C25H23N3O2S/c1-28(2)23-17-9-16-22-21(23)15-10-18-24(22)31(29,30)27-26-25(19-11-5-3-6-12-19)20-13-7-4-8-14-20/h3-18,27H,1-2H3. The highest BCUT2D eigenvalue weighted by atomic mass is 32.2. The zero-order chi connectivity index (χ0) is 21.8. The van der Waals surface area contributed by atoms with Crippen LogP contribution in [0.2, 0.25) is 0 Å². The summed E-state index contributed by atoms with van der Waals surface area (Å²) >= 11 is 0. The molecule has 0 spiro atoms. The Labute approximate surface area is 182 Å². The number of fused-ring (bicyclic) bond motifs is 1. The van der Waals surface area contributed by atoms with Crippen LogP contribution in [0.1, 0.15) is 11.1 Å². The van der Waals surface area contributed by atoms with Crippen molar-refractivity contribution in [2.75, 3.05) is 19.0 Å². The molecule has 1 N–H and O–H groups in total. The molecule has 0 aliphatic rings. The molecule has 0 aromatic heterocycles. The third-order valence-electron chi connectivity index (χ3n) is 5.00. The predicted octanol–water partition coefficient (Wildman–Crippen LogP) is 4.64. The van der Waals surface area contributed by atoms with E-state index < -0.39 is 10.0 Å². The van der Waals surface area contributed by atoms with Gasteiger partial charge < -0.3 is 4.90 Å². The van der Waals surface area contributed by atoms with Gasteiger partial charge in [-0.2, -0.15) is 18.4 Å². The molecule has 5 nitrogen and oxygen atoms in total. The van der Waals surface area contributed by atoms with Crippen LogP contribution in [0.25, 0.3) is 10.8 Å². The van der Waals surface area contributed by atoms with E-state index in [-0.39, 0.29) is 4.90 Å². The number of nitrogens with zero attached hydrogens (tertiary/aromatic N) is 2. The van der Waals surface area contributed by atoms with Crippen LogP contribution in [0.5, 0.6) is 0 Å². The van der Waals surface area contributed by atoms with Crippen molar-refractivity contribution in [3.63, 3.8) is 0 Å². The lowest BCUT2D eigenvalue weighted by Crippen LogP contribution is -2.21. The zero-order valence-electron chi connectivity index (χ0n) is 17.4. The van der Waals surface area contributed by atoms with Gasteiger partial charge in [-0.15, -0.1) is 0 Å². The van der Waals surface area contributed by atoms with Gasteiger partial charge in [0, 0.05) is 41.7 Å². The van der Waals surface area contributed by atoms with Crippen molar-refractivity contribution in [1.29, 1.82) is 0 Å². The third kappa shape index (κ3) is 4.29.